The first kappa shape index (κ1) is 18.0. The van der Waals surface area contributed by atoms with Crippen molar-refractivity contribution in [2.24, 2.45) is 5.92 Å². The molecular formula is C19H30N2O2. The number of benzene rings is 1. The first-order chi connectivity index (χ1) is 11.3. The van der Waals surface area contributed by atoms with E-state index in [1.54, 1.807) is 7.11 Å². The van der Waals surface area contributed by atoms with Crippen molar-refractivity contribution in [3.63, 3.8) is 0 Å². The van der Waals surface area contributed by atoms with Gasteiger partial charge in [-0.1, -0.05) is 62.4 Å². The maximum Gasteiger partial charge on any atom is 0.234 e. The Hall–Kier alpha value is -1.39. The van der Waals surface area contributed by atoms with Crippen LogP contribution in [0, 0.1) is 5.92 Å². The van der Waals surface area contributed by atoms with Crippen molar-refractivity contribution in [2.45, 2.75) is 44.6 Å². The largest absolute Gasteiger partial charge is 0.383 e. The lowest BCUT2D eigenvalue weighted by atomic mass is 9.83. The van der Waals surface area contributed by atoms with Crippen LogP contribution >= 0.6 is 0 Å². The third kappa shape index (κ3) is 6.71. The molecule has 2 N–H and O–H groups in total. The van der Waals surface area contributed by atoms with Gasteiger partial charge in [0.1, 0.15) is 0 Å². The monoisotopic (exact) mass is 318 g/mol. The van der Waals surface area contributed by atoms with E-state index < -0.39 is 0 Å². The molecule has 0 saturated heterocycles. The third-order valence-electron chi connectivity index (χ3n) is 4.60. The van der Waals surface area contributed by atoms with E-state index >= 15 is 0 Å². The van der Waals surface area contributed by atoms with Crippen molar-refractivity contribution in [2.75, 3.05) is 26.8 Å². The molecule has 0 aliphatic heterocycles. The Morgan fingerprint density at radius 2 is 1.96 bits per heavy atom. The van der Waals surface area contributed by atoms with Gasteiger partial charge in [-0.25, -0.2) is 0 Å². The van der Waals surface area contributed by atoms with Crippen molar-refractivity contribution in [3.8, 4) is 0 Å². The van der Waals surface area contributed by atoms with Crippen LogP contribution in [0.25, 0.3) is 0 Å². The Kier molecular flexibility index (Phi) is 8.12. The first-order valence-corrected chi connectivity index (χ1v) is 8.83. The number of hydrogen-bond donors (Lipinski definition) is 2. The second-order valence-electron chi connectivity index (χ2n) is 6.44. The zero-order valence-electron chi connectivity index (χ0n) is 14.2. The quantitative estimate of drug-likeness (QED) is 0.688. The second kappa shape index (κ2) is 10.4. The minimum atomic E-state index is 0.0609. The number of carbonyl (C=O) groups is 1. The van der Waals surface area contributed by atoms with Gasteiger partial charge in [0.15, 0.2) is 0 Å². The summed E-state index contributed by atoms with van der Waals surface area (Å²) in [5.41, 5.74) is 1.21. The van der Waals surface area contributed by atoms with Gasteiger partial charge in [-0.15, -0.1) is 0 Å². The summed E-state index contributed by atoms with van der Waals surface area (Å²) in [6.45, 7) is 1.66. The van der Waals surface area contributed by atoms with Crippen LogP contribution in [-0.4, -0.2) is 32.7 Å². The molecule has 1 unspecified atom stereocenters. The number of ether oxygens (including phenoxy) is 1. The number of nitrogens with one attached hydrogen (secondary N) is 2. The van der Waals surface area contributed by atoms with Gasteiger partial charge in [-0.3, -0.25) is 4.79 Å². The van der Waals surface area contributed by atoms with Crippen LogP contribution in [-0.2, 0) is 9.53 Å². The molecule has 1 aromatic rings. The smallest absolute Gasteiger partial charge is 0.234 e. The van der Waals surface area contributed by atoms with Crippen LogP contribution in [0.3, 0.4) is 0 Å². The average Bonchev–Trinajstić information content (AvgIpc) is 2.60. The van der Waals surface area contributed by atoms with Crippen molar-refractivity contribution in [3.05, 3.63) is 35.9 Å². The van der Waals surface area contributed by atoms with Crippen molar-refractivity contribution < 1.29 is 9.53 Å². The van der Waals surface area contributed by atoms with E-state index in [0.29, 0.717) is 19.7 Å². The van der Waals surface area contributed by atoms with E-state index in [2.05, 4.69) is 22.8 Å². The van der Waals surface area contributed by atoms with Gasteiger partial charge in [-0.05, 0) is 17.9 Å². The summed E-state index contributed by atoms with van der Waals surface area (Å²) in [6, 6.07) is 10.5. The molecule has 1 aromatic carbocycles. The summed E-state index contributed by atoms with van der Waals surface area (Å²) >= 11 is 0. The molecule has 1 atom stereocenters. The van der Waals surface area contributed by atoms with Gasteiger partial charge in [0.2, 0.25) is 5.91 Å². The highest BCUT2D eigenvalue weighted by Crippen LogP contribution is 2.31. The molecule has 23 heavy (non-hydrogen) atoms. The maximum atomic E-state index is 12.2. The van der Waals surface area contributed by atoms with Crippen LogP contribution in [0.15, 0.2) is 30.3 Å². The molecule has 0 bridgehead atoms. The highest BCUT2D eigenvalue weighted by atomic mass is 16.5. The van der Waals surface area contributed by atoms with E-state index in [9.17, 15) is 4.79 Å². The molecule has 0 aromatic heterocycles. The predicted octanol–water partition coefficient (Wildman–Crippen LogP) is 3.05. The van der Waals surface area contributed by atoms with Gasteiger partial charge in [0.25, 0.3) is 0 Å². The topological polar surface area (TPSA) is 50.4 Å². The Bertz CT molecular complexity index is 444. The first-order valence-electron chi connectivity index (χ1n) is 8.83. The van der Waals surface area contributed by atoms with Crippen molar-refractivity contribution in [1.29, 1.82) is 0 Å². The van der Waals surface area contributed by atoms with Crippen LogP contribution < -0.4 is 10.6 Å². The highest BCUT2D eigenvalue weighted by molar-refractivity contribution is 5.78. The Morgan fingerprint density at radius 3 is 2.65 bits per heavy atom. The summed E-state index contributed by atoms with van der Waals surface area (Å²) in [7, 11) is 1.66. The van der Waals surface area contributed by atoms with Crippen LogP contribution in [0.4, 0.5) is 0 Å². The van der Waals surface area contributed by atoms with E-state index in [4.69, 9.17) is 4.74 Å². The van der Waals surface area contributed by atoms with Gasteiger partial charge >= 0.3 is 0 Å². The summed E-state index contributed by atoms with van der Waals surface area (Å²) in [4.78, 5) is 12.2. The molecule has 0 radical (unpaired) electrons. The SMILES string of the molecule is COCCNCC(=O)NC(CC1CCCCC1)c1ccccc1. The van der Waals surface area contributed by atoms with Gasteiger partial charge in [0.05, 0.1) is 19.2 Å². The normalized spacial score (nSPS) is 16.9. The fourth-order valence-corrected chi connectivity index (χ4v) is 3.34. The molecule has 4 heteroatoms. The lowest BCUT2D eigenvalue weighted by molar-refractivity contribution is -0.121. The molecule has 128 valence electrons. The molecule has 2 rings (SSSR count). The fourth-order valence-electron chi connectivity index (χ4n) is 3.34. The zero-order chi connectivity index (χ0) is 16.3. The Morgan fingerprint density at radius 1 is 1.22 bits per heavy atom. The second-order valence-corrected chi connectivity index (χ2v) is 6.44. The number of carbonyl (C=O) groups excluding carboxylic acids is 1. The molecule has 1 fully saturated rings. The molecule has 0 spiro atoms. The zero-order valence-corrected chi connectivity index (χ0v) is 14.2. The maximum absolute atomic E-state index is 12.2. The summed E-state index contributed by atoms with van der Waals surface area (Å²) in [6.07, 6.45) is 7.67. The minimum Gasteiger partial charge on any atom is -0.383 e. The summed E-state index contributed by atoms with van der Waals surface area (Å²) in [5.74, 6) is 0.793. The van der Waals surface area contributed by atoms with E-state index in [1.165, 1.54) is 37.7 Å². The van der Waals surface area contributed by atoms with Crippen LogP contribution in [0.2, 0.25) is 0 Å². The summed E-state index contributed by atoms with van der Waals surface area (Å²) < 4.78 is 4.98. The minimum absolute atomic E-state index is 0.0609. The molecule has 1 aliphatic carbocycles. The van der Waals surface area contributed by atoms with E-state index in [0.717, 1.165) is 12.3 Å². The van der Waals surface area contributed by atoms with E-state index in [1.807, 2.05) is 18.2 Å². The average molecular weight is 318 g/mol. The molecule has 1 aliphatic rings. The number of hydrogen-bond acceptors (Lipinski definition) is 3. The van der Waals surface area contributed by atoms with Gasteiger partial charge in [-0.2, -0.15) is 0 Å². The lowest BCUT2D eigenvalue weighted by Crippen LogP contribution is -2.38. The van der Waals surface area contributed by atoms with E-state index in [-0.39, 0.29) is 11.9 Å². The van der Waals surface area contributed by atoms with Crippen molar-refractivity contribution in [1.82, 2.24) is 10.6 Å². The Labute approximate surface area is 140 Å². The highest BCUT2D eigenvalue weighted by Gasteiger charge is 2.21. The number of amides is 1. The molecule has 4 nitrogen and oxygen atoms in total. The standard InChI is InChI=1S/C19H30N2O2/c1-23-13-12-20-15-19(22)21-18(17-10-6-3-7-11-17)14-16-8-4-2-5-9-16/h3,6-7,10-11,16,18,20H,2,4-5,8-9,12-15H2,1H3,(H,21,22). The van der Waals surface area contributed by atoms with Gasteiger partial charge < -0.3 is 15.4 Å². The van der Waals surface area contributed by atoms with Gasteiger partial charge in [0, 0.05) is 13.7 Å². The fraction of sp³-hybridized carbons (Fsp3) is 0.632. The predicted molar refractivity (Wildman–Crippen MR) is 93.3 cm³/mol. The third-order valence-corrected chi connectivity index (χ3v) is 4.60. The molecule has 0 heterocycles. The van der Waals surface area contributed by atoms with Crippen LogP contribution in [0.1, 0.15) is 50.1 Å². The molecule has 1 amide bonds. The molecular weight excluding hydrogens is 288 g/mol. The number of methoxy groups -OCH3 is 1. The lowest BCUT2D eigenvalue weighted by Gasteiger charge is -2.27. The Balaban J connectivity index is 1.89. The number of rotatable bonds is 9. The molecule has 1 saturated carbocycles. The van der Waals surface area contributed by atoms with Crippen LogP contribution in [0.5, 0.6) is 0 Å². The summed E-state index contributed by atoms with van der Waals surface area (Å²) in [5, 5.41) is 6.32. The van der Waals surface area contributed by atoms with Crippen molar-refractivity contribution >= 4 is 5.91 Å².